The number of carboxylic acids is 2. The zero-order valence-corrected chi connectivity index (χ0v) is 28.2. The van der Waals surface area contributed by atoms with Crippen LogP contribution < -0.4 is 0 Å². The molecule has 0 aliphatic carbocycles. The molecule has 0 saturated carbocycles. The first-order chi connectivity index (χ1) is 17.5. The molecular formula is C32H64O4Zn. The van der Waals surface area contributed by atoms with Crippen LogP contribution in [0.15, 0.2) is 0 Å². The van der Waals surface area contributed by atoms with Gasteiger partial charge in [0.1, 0.15) is 0 Å². The van der Waals surface area contributed by atoms with Crippen LogP contribution in [0, 0.1) is 0 Å². The molecule has 0 rings (SSSR count). The fourth-order valence-corrected chi connectivity index (χ4v) is 4.59. The molecule has 0 aromatic heterocycles. The standard InChI is InChI=1S/2C16H32O2.Zn/c2*1-2-3-4-5-6-7-8-9-10-11-12-13-14-15-16(17)18;/h2*2-15H2,1H3,(H,17,18);. The van der Waals surface area contributed by atoms with Crippen LogP contribution in [0.1, 0.15) is 194 Å². The molecule has 0 fully saturated rings. The van der Waals surface area contributed by atoms with Crippen molar-refractivity contribution in [2.45, 2.75) is 194 Å². The molecule has 0 aliphatic rings. The van der Waals surface area contributed by atoms with E-state index in [0.717, 1.165) is 25.7 Å². The third kappa shape index (κ3) is 45.8. The third-order valence-corrected chi connectivity index (χ3v) is 6.99. The molecule has 0 aromatic rings. The van der Waals surface area contributed by atoms with Gasteiger partial charge < -0.3 is 10.2 Å². The average molecular weight is 578 g/mol. The van der Waals surface area contributed by atoms with Crippen molar-refractivity contribution in [1.82, 2.24) is 0 Å². The Balaban J connectivity index is -0.000000608. The number of unbranched alkanes of at least 4 members (excludes halogenated alkanes) is 24. The molecule has 218 valence electrons. The van der Waals surface area contributed by atoms with Crippen LogP contribution in [0.5, 0.6) is 0 Å². The van der Waals surface area contributed by atoms with E-state index < -0.39 is 11.9 Å². The molecule has 0 saturated heterocycles. The third-order valence-electron chi connectivity index (χ3n) is 6.99. The molecule has 37 heavy (non-hydrogen) atoms. The summed E-state index contributed by atoms with van der Waals surface area (Å²) in [4.78, 5) is 20.6. The predicted octanol–water partition coefficient (Wildman–Crippen LogP) is 11.1. The zero-order chi connectivity index (χ0) is 27.0. The Morgan fingerprint density at radius 2 is 0.514 bits per heavy atom. The van der Waals surface area contributed by atoms with Crippen LogP contribution in [0.3, 0.4) is 0 Å². The molecular weight excluding hydrogens is 514 g/mol. The van der Waals surface area contributed by atoms with Crippen molar-refractivity contribution in [3.8, 4) is 0 Å². The molecule has 0 bridgehead atoms. The van der Waals surface area contributed by atoms with Gasteiger partial charge in [0, 0.05) is 32.3 Å². The Morgan fingerprint density at radius 3 is 0.676 bits per heavy atom. The summed E-state index contributed by atoms with van der Waals surface area (Å²) in [6.07, 6.45) is 34.5. The second-order valence-electron chi connectivity index (χ2n) is 10.8. The molecule has 0 radical (unpaired) electrons. The van der Waals surface area contributed by atoms with Gasteiger partial charge in [0.15, 0.2) is 0 Å². The van der Waals surface area contributed by atoms with E-state index in [4.69, 9.17) is 10.2 Å². The summed E-state index contributed by atoms with van der Waals surface area (Å²) < 4.78 is 0. The second-order valence-corrected chi connectivity index (χ2v) is 10.8. The van der Waals surface area contributed by atoms with E-state index in [1.54, 1.807) is 0 Å². The van der Waals surface area contributed by atoms with Crippen molar-refractivity contribution in [3.05, 3.63) is 0 Å². The van der Waals surface area contributed by atoms with Crippen molar-refractivity contribution in [2.24, 2.45) is 0 Å². The minimum Gasteiger partial charge on any atom is -0.481 e. The first-order valence-electron chi connectivity index (χ1n) is 16.0. The van der Waals surface area contributed by atoms with E-state index >= 15 is 0 Å². The fraction of sp³-hybridized carbons (Fsp3) is 0.938. The smallest absolute Gasteiger partial charge is 0.303 e. The van der Waals surface area contributed by atoms with Crippen molar-refractivity contribution in [3.63, 3.8) is 0 Å². The molecule has 4 nitrogen and oxygen atoms in total. The first kappa shape index (κ1) is 41.1. The number of rotatable bonds is 28. The van der Waals surface area contributed by atoms with E-state index in [2.05, 4.69) is 13.8 Å². The summed E-state index contributed by atoms with van der Waals surface area (Å²) >= 11 is 0. The van der Waals surface area contributed by atoms with E-state index in [1.165, 1.54) is 141 Å². The second kappa shape index (κ2) is 37.7. The number of hydrogen-bond acceptors (Lipinski definition) is 2. The van der Waals surface area contributed by atoms with Crippen LogP contribution in [-0.2, 0) is 29.1 Å². The Morgan fingerprint density at radius 1 is 0.351 bits per heavy atom. The van der Waals surface area contributed by atoms with Gasteiger partial charge in [-0.2, -0.15) is 0 Å². The number of carbonyl (C=O) groups is 2. The Labute approximate surface area is 244 Å². The normalized spacial score (nSPS) is 10.4. The van der Waals surface area contributed by atoms with Gasteiger partial charge >= 0.3 is 11.9 Å². The quantitative estimate of drug-likeness (QED) is 0.0716. The van der Waals surface area contributed by atoms with E-state index in [0.29, 0.717) is 12.8 Å². The molecule has 0 atom stereocenters. The maximum Gasteiger partial charge on any atom is 0.303 e. The fourth-order valence-electron chi connectivity index (χ4n) is 4.59. The summed E-state index contributed by atoms with van der Waals surface area (Å²) in [7, 11) is 0. The van der Waals surface area contributed by atoms with Gasteiger partial charge in [-0.3, -0.25) is 9.59 Å². The van der Waals surface area contributed by atoms with Crippen LogP contribution in [0.25, 0.3) is 0 Å². The summed E-state index contributed by atoms with van der Waals surface area (Å²) in [6.45, 7) is 4.52. The van der Waals surface area contributed by atoms with Gasteiger partial charge in [0.05, 0.1) is 0 Å². The molecule has 5 heteroatoms. The van der Waals surface area contributed by atoms with Crippen molar-refractivity contribution < 1.29 is 39.3 Å². The van der Waals surface area contributed by atoms with Crippen molar-refractivity contribution >= 4 is 11.9 Å². The van der Waals surface area contributed by atoms with Crippen LogP contribution in [0.2, 0.25) is 0 Å². The number of aliphatic carboxylic acids is 2. The molecule has 0 aromatic carbocycles. The Hall–Kier alpha value is -0.437. The minimum absolute atomic E-state index is 0. The van der Waals surface area contributed by atoms with Gasteiger partial charge in [-0.25, -0.2) is 0 Å². The maximum absolute atomic E-state index is 10.3. The van der Waals surface area contributed by atoms with Gasteiger partial charge in [-0.05, 0) is 12.8 Å². The molecule has 0 heterocycles. The van der Waals surface area contributed by atoms with Gasteiger partial charge in [-0.1, -0.05) is 168 Å². The van der Waals surface area contributed by atoms with E-state index in [-0.39, 0.29) is 19.5 Å². The van der Waals surface area contributed by atoms with Crippen molar-refractivity contribution in [1.29, 1.82) is 0 Å². The topological polar surface area (TPSA) is 74.6 Å². The summed E-state index contributed by atoms with van der Waals surface area (Å²) in [5.41, 5.74) is 0. The van der Waals surface area contributed by atoms with E-state index in [9.17, 15) is 9.59 Å². The Kier molecular flexibility index (Phi) is 41.8. The molecule has 0 amide bonds. The SMILES string of the molecule is CCCCCCCCCCCCCCCC(=O)O.CCCCCCCCCCCCCCCC(=O)O.[Zn]. The van der Waals surface area contributed by atoms with Crippen LogP contribution in [0.4, 0.5) is 0 Å². The molecule has 0 unspecified atom stereocenters. The van der Waals surface area contributed by atoms with E-state index in [1.807, 2.05) is 0 Å². The zero-order valence-electron chi connectivity index (χ0n) is 25.2. The summed E-state index contributed by atoms with van der Waals surface area (Å²) in [5.74, 6) is -1.31. The average Bonchev–Trinajstić information content (AvgIpc) is 2.85. The molecule has 2 N–H and O–H groups in total. The minimum atomic E-state index is -0.655. The van der Waals surface area contributed by atoms with Crippen molar-refractivity contribution in [2.75, 3.05) is 0 Å². The van der Waals surface area contributed by atoms with Gasteiger partial charge in [0.25, 0.3) is 0 Å². The van der Waals surface area contributed by atoms with Gasteiger partial charge in [-0.15, -0.1) is 0 Å². The van der Waals surface area contributed by atoms with Crippen LogP contribution >= 0.6 is 0 Å². The number of hydrogen-bond donors (Lipinski definition) is 2. The number of carboxylic acid groups (broad SMARTS) is 2. The summed E-state index contributed by atoms with van der Waals surface area (Å²) in [6, 6.07) is 0. The van der Waals surface area contributed by atoms with Crippen LogP contribution in [-0.4, -0.2) is 22.2 Å². The first-order valence-corrected chi connectivity index (χ1v) is 16.0. The monoisotopic (exact) mass is 576 g/mol. The largest absolute Gasteiger partial charge is 0.481 e. The van der Waals surface area contributed by atoms with Gasteiger partial charge in [0.2, 0.25) is 0 Å². The predicted molar refractivity (Wildman–Crippen MR) is 156 cm³/mol. The maximum atomic E-state index is 10.3. The molecule has 0 spiro atoms. The Bertz CT molecular complexity index is 403. The summed E-state index contributed by atoms with van der Waals surface area (Å²) in [5, 5.41) is 17.0. The molecule has 0 aliphatic heterocycles.